The van der Waals surface area contributed by atoms with Gasteiger partial charge in [0.2, 0.25) is 5.91 Å². The molecule has 1 amide bonds. The first-order valence-corrected chi connectivity index (χ1v) is 7.61. The van der Waals surface area contributed by atoms with Crippen LogP contribution in [0.3, 0.4) is 0 Å². The molecule has 3 nitrogen and oxygen atoms in total. The summed E-state index contributed by atoms with van der Waals surface area (Å²) in [4.78, 5) is 11.8. The van der Waals surface area contributed by atoms with E-state index in [4.69, 9.17) is 0 Å². The van der Waals surface area contributed by atoms with E-state index in [1.165, 1.54) is 12.0 Å². The standard InChI is InChI=1S/C14H20N2OS/c1-2-3-11-4-6-12(7-5-11)8-15-14(17)13-9-18-10-16-13/h4-7,13,16H,2-3,8-10H2,1H3,(H,15,17). The van der Waals surface area contributed by atoms with E-state index in [0.717, 1.165) is 23.6 Å². The number of thioether (sulfide) groups is 1. The van der Waals surface area contributed by atoms with Crippen LogP contribution in [-0.2, 0) is 17.8 Å². The summed E-state index contributed by atoms with van der Waals surface area (Å²) < 4.78 is 0. The molecule has 2 N–H and O–H groups in total. The van der Waals surface area contributed by atoms with Crippen LogP contribution in [0.15, 0.2) is 24.3 Å². The van der Waals surface area contributed by atoms with Crippen LogP contribution in [0.4, 0.5) is 0 Å². The summed E-state index contributed by atoms with van der Waals surface area (Å²) in [5, 5.41) is 6.15. The molecule has 1 aromatic carbocycles. The van der Waals surface area contributed by atoms with Gasteiger partial charge in [-0.15, -0.1) is 11.8 Å². The van der Waals surface area contributed by atoms with Crippen molar-refractivity contribution in [1.82, 2.24) is 10.6 Å². The van der Waals surface area contributed by atoms with E-state index in [2.05, 4.69) is 41.8 Å². The van der Waals surface area contributed by atoms with Crippen molar-refractivity contribution in [3.63, 3.8) is 0 Å². The zero-order valence-electron chi connectivity index (χ0n) is 10.7. The summed E-state index contributed by atoms with van der Waals surface area (Å²) in [6, 6.07) is 8.47. The van der Waals surface area contributed by atoms with Crippen LogP contribution in [-0.4, -0.2) is 23.6 Å². The molecule has 1 heterocycles. The molecule has 1 saturated heterocycles. The van der Waals surface area contributed by atoms with E-state index in [9.17, 15) is 4.79 Å². The first-order chi connectivity index (χ1) is 8.79. The normalized spacial score (nSPS) is 18.8. The zero-order chi connectivity index (χ0) is 12.8. The van der Waals surface area contributed by atoms with E-state index in [1.807, 2.05) is 0 Å². The van der Waals surface area contributed by atoms with Gasteiger partial charge in [-0.3, -0.25) is 10.1 Å². The molecule has 98 valence electrons. The summed E-state index contributed by atoms with van der Waals surface area (Å²) in [6.45, 7) is 2.80. The van der Waals surface area contributed by atoms with Crippen molar-refractivity contribution < 1.29 is 4.79 Å². The van der Waals surface area contributed by atoms with Gasteiger partial charge in [-0.2, -0.15) is 0 Å². The van der Waals surface area contributed by atoms with Crippen LogP contribution >= 0.6 is 11.8 Å². The molecule has 1 aliphatic heterocycles. The van der Waals surface area contributed by atoms with Crippen LogP contribution in [0.5, 0.6) is 0 Å². The molecule has 0 saturated carbocycles. The lowest BCUT2D eigenvalue weighted by molar-refractivity contribution is -0.122. The van der Waals surface area contributed by atoms with Gasteiger partial charge in [-0.1, -0.05) is 37.6 Å². The number of hydrogen-bond acceptors (Lipinski definition) is 3. The second-order valence-electron chi connectivity index (χ2n) is 4.56. The third-order valence-corrected chi connectivity index (χ3v) is 4.00. The first-order valence-electron chi connectivity index (χ1n) is 6.46. The number of carbonyl (C=O) groups excluding carboxylic acids is 1. The maximum Gasteiger partial charge on any atom is 0.238 e. The number of nitrogens with one attached hydrogen (secondary N) is 2. The highest BCUT2D eigenvalue weighted by molar-refractivity contribution is 7.99. The van der Waals surface area contributed by atoms with Crippen molar-refractivity contribution in [3.05, 3.63) is 35.4 Å². The number of benzene rings is 1. The van der Waals surface area contributed by atoms with E-state index < -0.39 is 0 Å². The van der Waals surface area contributed by atoms with Crippen LogP contribution in [0, 0.1) is 0 Å². The highest BCUT2D eigenvalue weighted by Crippen LogP contribution is 2.10. The molecular weight excluding hydrogens is 244 g/mol. The molecule has 1 atom stereocenters. The number of carbonyl (C=O) groups is 1. The average Bonchev–Trinajstić information content (AvgIpc) is 2.92. The number of hydrogen-bond donors (Lipinski definition) is 2. The molecule has 1 fully saturated rings. The average molecular weight is 264 g/mol. The maximum absolute atomic E-state index is 11.8. The predicted molar refractivity (Wildman–Crippen MR) is 76.5 cm³/mol. The SMILES string of the molecule is CCCc1ccc(CNC(=O)C2CSCN2)cc1. The van der Waals surface area contributed by atoms with Crippen molar-refractivity contribution in [2.75, 3.05) is 11.6 Å². The van der Waals surface area contributed by atoms with Crippen LogP contribution < -0.4 is 10.6 Å². The molecule has 18 heavy (non-hydrogen) atoms. The Morgan fingerprint density at radius 1 is 1.39 bits per heavy atom. The Morgan fingerprint density at radius 2 is 2.11 bits per heavy atom. The number of aryl methyl sites for hydroxylation is 1. The third-order valence-electron chi connectivity index (χ3n) is 3.06. The molecule has 0 aliphatic carbocycles. The highest BCUT2D eigenvalue weighted by atomic mass is 32.2. The highest BCUT2D eigenvalue weighted by Gasteiger charge is 2.21. The topological polar surface area (TPSA) is 41.1 Å². The maximum atomic E-state index is 11.8. The quantitative estimate of drug-likeness (QED) is 0.853. The Labute approximate surface area is 113 Å². The summed E-state index contributed by atoms with van der Waals surface area (Å²) >= 11 is 1.77. The Balaban J connectivity index is 1.80. The molecule has 1 unspecified atom stereocenters. The van der Waals surface area contributed by atoms with E-state index in [-0.39, 0.29) is 11.9 Å². The molecule has 2 rings (SSSR count). The van der Waals surface area contributed by atoms with Gasteiger partial charge < -0.3 is 5.32 Å². The summed E-state index contributed by atoms with van der Waals surface area (Å²) in [6.07, 6.45) is 2.29. The van der Waals surface area contributed by atoms with Gasteiger partial charge in [0.25, 0.3) is 0 Å². The van der Waals surface area contributed by atoms with Crippen molar-refractivity contribution >= 4 is 17.7 Å². The largest absolute Gasteiger partial charge is 0.351 e. The van der Waals surface area contributed by atoms with E-state index >= 15 is 0 Å². The Hall–Kier alpha value is -1.00. The smallest absolute Gasteiger partial charge is 0.238 e. The molecule has 0 aromatic heterocycles. The third kappa shape index (κ3) is 3.75. The molecular formula is C14H20N2OS. The molecule has 0 radical (unpaired) electrons. The lowest BCUT2D eigenvalue weighted by Crippen LogP contribution is -2.41. The summed E-state index contributed by atoms with van der Waals surface area (Å²) in [5.74, 6) is 1.86. The minimum absolute atomic E-state index is 0.0191. The molecule has 1 aliphatic rings. The van der Waals surface area contributed by atoms with Gasteiger partial charge in [0.1, 0.15) is 0 Å². The Kier molecular flexibility index (Phi) is 5.08. The fourth-order valence-corrected chi connectivity index (χ4v) is 2.93. The van der Waals surface area contributed by atoms with Crippen LogP contribution in [0.2, 0.25) is 0 Å². The molecule has 1 aromatic rings. The van der Waals surface area contributed by atoms with Crippen molar-refractivity contribution in [2.24, 2.45) is 0 Å². The fraction of sp³-hybridized carbons (Fsp3) is 0.500. The van der Waals surface area contributed by atoms with Gasteiger partial charge in [-0.05, 0) is 17.5 Å². The van der Waals surface area contributed by atoms with Crippen molar-refractivity contribution in [1.29, 1.82) is 0 Å². The van der Waals surface area contributed by atoms with Gasteiger partial charge in [-0.25, -0.2) is 0 Å². The fourth-order valence-electron chi connectivity index (χ4n) is 1.99. The molecule has 4 heteroatoms. The van der Waals surface area contributed by atoms with E-state index in [0.29, 0.717) is 6.54 Å². The first kappa shape index (κ1) is 13.4. The van der Waals surface area contributed by atoms with Gasteiger partial charge in [0.15, 0.2) is 0 Å². The number of rotatable bonds is 5. The molecule has 0 spiro atoms. The second-order valence-corrected chi connectivity index (χ2v) is 5.59. The van der Waals surface area contributed by atoms with Gasteiger partial charge >= 0.3 is 0 Å². The van der Waals surface area contributed by atoms with Gasteiger partial charge in [0, 0.05) is 18.2 Å². The van der Waals surface area contributed by atoms with Crippen LogP contribution in [0.1, 0.15) is 24.5 Å². The summed E-state index contributed by atoms with van der Waals surface area (Å²) in [5.41, 5.74) is 2.52. The second kappa shape index (κ2) is 6.81. The van der Waals surface area contributed by atoms with Gasteiger partial charge in [0.05, 0.1) is 6.04 Å². The van der Waals surface area contributed by atoms with Crippen molar-refractivity contribution in [2.45, 2.75) is 32.4 Å². The predicted octanol–water partition coefficient (Wildman–Crippen LogP) is 1.92. The van der Waals surface area contributed by atoms with E-state index in [1.54, 1.807) is 11.8 Å². The van der Waals surface area contributed by atoms with Crippen LogP contribution in [0.25, 0.3) is 0 Å². The Morgan fingerprint density at radius 3 is 2.72 bits per heavy atom. The lowest BCUT2D eigenvalue weighted by Gasteiger charge is -2.10. The lowest BCUT2D eigenvalue weighted by atomic mass is 10.1. The monoisotopic (exact) mass is 264 g/mol. The Bertz CT molecular complexity index is 385. The zero-order valence-corrected chi connectivity index (χ0v) is 11.6. The molecule has 0 bridgehead atoms. The number of amides is 1. The summed E-state index contributed by atoms with van der Waals surface area (Å²) in [7, 11) is 0. The minimum Gasteiger partial charge on any atom is -0.351 e. The minimum atomic E-state index is -0.0191. The van der Waals surface area contributed by atoms with Crippen molar-refractivity contribution in [3.8, 4) is 0 Å².